The van der Waals surface area contributed by atoms with Crippen molar-refractivity contribution in [2.45, 2.75) is 31.1 Å². The maximum atomic E-state index is 13.0. The second-order valence-electron chi connectivity index (χ2n) is 5.94. The topological polar surface area (TPSA) is 29.1 Å². The molecule has 0 aromatic heterocycles. The lowest BCUT2D eigenvalue weighted by molar-refractivity contribution is -0.119. The van der Waals surface area contributed by atoms with Gasteiger partial charge in [0.25, 0.3) is 0 Å². The molecule has 0 bridgehead atoms. The first-order valence-electron chi connectivity index (χ1n) is 8.02. The van der Waals surface area contributed by atoms with Crippen molar-refractivity contribution in [2.24, 2.45) is 0 Å². The highest BCUT2D eigenvalue weighted by Gasteiger charge is 2.21. The Morgan fingerprint density at radius 1 is 1.29 bits per heavy atom. The van der Waals surface area contributed by atoms with E-state index in [1.807, 2.05) is 12.1 Å². The molecule has 0 radical (unpaired) electrons. The Morgan fingerprint density at radius 2 is 2.12 bits per heavy atom. The van der Waals surface area contributed by atoms with E-state index in [4.69, 9.17) is 11.6 Å². The number of fused-ring (bicyclic) bond motifs is 1. The summed E-state index contributed by atoms with van der Waals surface area (Å²) >= 11 is 7.49. The van der Waals surface area contributed by atoms with E-state index < -0.39 is 0 Å². The van der Waals surface area contributed by atoms with Crippen LogP contribution in [0.3, 0.4) is 0 Å². The minimum absolute atomic E-state index is 0.0277. The third-order valence-corrected chi connectivity index (χ3v) is 5.54. The number of nitrogens with one attached hydrogen (secondary N) is 1. The first-order valence-corrected chi connectivity index (χ1v) is 9.55. The Kier molecular flexibility index (Phi) is 5.80. The molecule has 5 heteroatoms. The molecule has 1 atom stereocenters. The standard InChI is InChI=1S/C19H19ClFNOS/c20-17-10-15(21)9-8-14(17)11-24-12-19(23)22-18-7-3-5-13-4-1-2-6-16(13)18/h1-2,4,6,8-10,18H,3,5,7,11-12H2,(H,22,23). The first-order chi connectivity index (χ1) is 11.6. The predicted octanol–water partition coefficient (Wildman–Crippen LogP) is 4.91. The van der Waals surface area contributed by atoms with Crippen LogP contribution >= 0.6 is 23.4 Å². The van der Waals surface area contributed by atoms with Crippen molar-refractivity contribution in [3.63, 3.8) is 0 Å². The van der Waals surface area contributed by atoms with Gasteiger partial charge in [0.05, 0.1) is 11.8 Å². The van der Waals surface area contributed by atoms with E-state index in [-0.39, 0.29) is 17.8 Å². The third-order valence-electron chi connectivity index (χ3n) is 4.21. The highest BCUT2D eigenvalue weighted by atomic mass is 35.5. The Labute approximate surface area is 150 Å². The highest BCUT2D eigenvalue weighted by molar-refractivity contribution is 7.99. The third kappa shape index (κ3) is 4.31. The maximum Gasteiger partial charge on any atom is 0.230 e. The summed E-state index contributed by atoms with van der Waals surface area (Å²) in [6.45, 7) is 0. The minimum Gasteiger partial charge on any atom is -0.349 e. The van der Waals surface area contributed by atoms with Crippen molar-refractivity contribution in [2.75, 3.05) is 5.75 Å². The molecule has 1 N–H and O–H groups in total. The number of carbonyl (C=O) groups is 1. The van der Waals surface area contributed by atoms with Crippen molar-refractivity contribution >= 4 is 29.3 Å². The number of hydrogen-bond donors (Lipinski definition) is 1. The quantitative estimate of drug-likeness (QED) is 0.818. The second-order valence-corrected chi connectivity index (χ2v) is 7.33. The number of thioether (sulfide) groups is 1. The van der Waals surface area contributed by atoms with Gasteiger partial charge in [0.15, 0.2) is 0 Å². The normalized spacial score (nSPS) is 16.5. The zero-order chi connectivity index (χ0) is 16.9. The van der Waals surface area contributed by atoms with Crippen molar-refractivity contribution in [3.8, 4) is 0 Å². The molecule has 2 aromatic rings. The summed E-state index contributed by atoms with van der Waals surface area (Å²) in [5.74, 6) is 0.641. The van der Waals surface area contributed by atoms with E-state index in [2.05, 4.69) is 17.4 Å². The molecule has 126 valence electrons. The fourth-order valence-corrected chi connectivity index (χ4v) is 4.19. The zero-order valence-electron chi connectivity index (χ0n) is 13.2. The molecule has 1 aliphatic carbocycles. The molecule has 1 unspecified atom stereocenters. The van der Waals surface area contributed by atoms with Gasteiger partial charge in [0.2, 0.25) is 5.91 Å². The number of aryl methyl sites for hydroxylation is 1. The zero-order valence-corrected chi connectivity index (χ0v) is 14.8. The number of benzene rings is 2. The van der Waals surface area contributed by atoms with Gasteiger partial charge in [0, 0.05) is 10.8 Å². The van der Waals surface area contributed by atoms with Crippen LogP contribution in [0.15, 0.2) is 42.5 Å². The Morgan fingerprint density at radius 3 is 2.96 bits per heavy atom. The van der Waals surface area contributed by atoms with Gasteiger partial charge in [-0.1, -0.05) is 41.9 Å². The van der Waals surface area contributed by atoms with Crippen molar-refractivity contribution in [1.82, 2.24) is 5.32 Å². The number of rotatable bonds is 5. The molecular formula is C19H19ClFNOS. The summed E-state index contributed by atoms with van der Waals surface area (Å²) in [6, 6.07) is 12.8. The molecule has 24 heavy (non-hydrogen) atoms. The molecule has 0 spiro atoms. The summed E-state index contributed by atoms with van der Waals surface area (Å²) in [4.78, 5) is 12.2. The Hall–Kier alpha value is -1.52. The molecule has 0 fully saturated rings. The average Bonchev–Trinajstić information content (AvgIpc) is 2.57. The molecule has 0 heterocycles. The number of hydrogen-bond acceptors (Lipinski definition) is 2. The molecule has 0 saturated carbocycles. The van der Waals surface area contributed by atoms with Crippen molar-refractivity contribution in [3.05, 3.63) is 70.0 Å². The number of halogens is 2. The number of amides is 1. The van der Waals surface area contributed by atoms with Crippen LogP contribution in [-0.2, 0) is 17.0 Å². The van der Waals surface area contributed by atoms with Crippen LogP contribution in [0.2, 0.25) is 5.02 Å². The lowest BCUT2D eigenvalue weighted by Gasteiger charge is -2.26. The first kappa shape index (κ1) is 17.3. The summed E-state index contributed by atoms with van der Waals surface area (Å²) in [6.07, 6.45) is 3.16. The van der Waals surface area contributed by atoms with Gasteiger partial charge in [0.1, 0.15) is 5.82 Å². The molecule has 1 amide bonds. The minimum atomic E-state index is -0.345. The largest absolute Gasteiger partial charge is 0.349 e. The molecule has 0 aliphatic heterocycles. The van der Waals surface area contributed by atoms with Gasteiger partial charge >= 0.3 is 0 Å². The smallest absolute Gasteiger partial charge is 0.230 e. The molecule has 2 nitrogen and oxygen atoms in total. The lowest BCUT2D eigenvalue weighted by atomic mass is 9.88. The SMILES string of the molecule is O=C(CSCc1ccc(F)cc1Cl)NC1CCCc2ccccc21. The van der Waals surface area contributed by atoms with Gasteiger partial charge in [-0.3, -0.25) is 4.79 Å². The molecule has 2 aromatic carbocycles. The van der Waals surface area contributed by atoms with Crippen LogP contribution in [0.1, 0.15) is 35.6 Å². The van der Waals surface area contributed by atoms with Crippen LogP contribution in [0.4, 0.5) is 4.39 Å². The van der Waals surface area contributed by atoms with E-state index >= 15 is 0 Å². The van der Waals surface area contributed by atoms with Gasteiger partial charge in [-0.25, -0.2) is 4.39 Å². The van der Waals surface area contributed by atoms with E-state index in [0.29, 0.717) is 16.5 Å². The summed E-state index contributed by atoms with van der Waals surface area (Å²) < 4.78 is 13.0. The fraction of sp³-hybridized carbons (Fsp3) is 0.316. The van der Waals surface area contributed by atoms with Crippen LogP contribution in [0.5, 0.6) is 0 Å². The molecule has 1 aliphatic rings. The van der Waals surface area contributed by atoms with Crippen LogP contribution in [-0.4, -0.2) is 11.7 Å². The summed E-state index contributed by atoms with van der Waals surface area (Å²) in [5.41, 5.74) is 3.42. The molecular weight excluding hydrogens is 345 g/mol. The van der Waals surface area contributed by atoms with Crippen LogP contribution in [0.25, 0.3) is 0 Å². The van der Waals surface area contributed by atoms with Gasteiger partial charge in [-0.05, 0) is 48.1 Å². The van der Waals surface area contributed by atoms with Gasteiger partial charge < -0.3 is 5.32 Å². The lowest BCUT2D eigenvalue weighted by Crippen LogP contribution is -2.32. The van der Waals surface area contributed by atoms with E-state index in [9.17, 15) is 9.18 Å². The summed E-state index contributed by atoms with van der Waals surface area (Å²) in [5, 5.41) is 3.54. The molecule has 3 rings (SSSR count). The van der Waals surface area contributed by atoms with Gasteiger partial charge in [-0.2, -0.15) is 0 Å². The molecule has 0 saturated heterocycles. The van der Waals surface area contributed by atoms with E-state index in [1.54, 1.807) is 6.07 Å². The second kappa shape index (κ2) is 8.04. The van der Waals surface area contributed by atoms with E-state index in [0.717, 1.165) is 24.8 Å². The van der Waals surface area contributed by atoms with E-state index in [1.165, 1.54) is 35.0 Å². The highest BCUT2D eigenvalue weighted by Crippen LogP contribution is 2.29. The average molecular weight is 364 g/mol. The number of carbonyl (C=O) groups excluding carboxylic acids is 1. The maximum absolute atomic E-state index is 13.0. The van der Waals surface area contributed by atoms with Crippen molar-refractivity contribution in [1.29, 1.82) is 0 Å². The Bertz CT molecular complexity index is 737. The fourth-order valence-electron chi connectivity index (χ4n) is 3.03. The van der Waals surface area contributed by atoms with Crippen LogP contribution < -0.4 is 5.32 Å². The van der Waals surface area contributed by atoms with Gasteiger partial charge in [-0.15, -0.1) is 11.8 Å². The Balaban J connectivity index is 1.52. The van der Waals surface area contributed by atoms with Crippen molar-refractivity contribution < 1.29 is 9.18 Å². The monoisotopic (exact) mass is 363 g/mol. The summed E-state index contributed by atoms with van der Waals surface area (Å²) in [7, 11) is 0. The van der Waals surface area contributed by atoms with Crippen LogP contribution in [0, 0.1) is 5.82 Å². The predicted molar refractivity (Wildman–Crippen MR) is 97.8 cm³/mol.